The molecule has 0 radical (unpaired) electrons. The van der Waals surface area contributed by atoms with Crippen molar-refractivity contribution in [1.82, 2.24) is 20.9 Å². The molecule has 2 heterocycles. The predicted octanol–water partition coefficient (Wildman–Crippen LogP) is 3.55. The van der Waals surface area contributed by atoms with Gasteiger partial charge in [-0.3, -0.25) is 19.3 Å². The zero-order valence-electron chi connectivity index (χ0n) is 28.5. The maximum absolute atomic E-state index is 14.1. The molecule has 10 nitrogen and oxygen atoms in total. The van der Waals surface area contributed by atoms with E-state index in [-0.39, 0.29) is 18.9 Å². The standard InChI is InChI=1S/C35H52N4O6S2/c1-34(2,3)38-32(42)28-19-24-14-10-11-15-25(24)20-39(28)21-29(40)27(18-23-12-8-7-9-13-23)36-33(43)30(35(4,5)47(6,44)45)37-31(41)26-16-17-46-22-26/h7-9,12-13,16-17,22,24-25,27-30,40H,10-11,14-15,18-21H2,1-6H3,(H,36,43)(H,37,41)(H,38,42)/t24-,25+,27?,28?,29?,30+/m0/s1. The van der Waals surface area contributed by atoms with Gasteiger partial charge in [-0.2, -0.15) is 11.3 Å². The first-order valence-corrected chi connectivity index (χ1v) is 19.4. The van der Waals surface area contributed by atoms with Gasteiger partial charge in [-0.1, -0.05) is 49.6 Å². The van der Waals surface area contributed by atoms with Crippen LogP contribution in [-0.4, -0.2) is 90.0 Å². The summed E-state index contributed by atoms with van der Waals surface area (Å²) in [5, 5.41) is 24.0. The number of nitrogens with zero attached hydrogens (tertiary/aromatic N) is 1. The fourth-order valence-electron chi connectivity index (χ4n) is 6.79. The van der Waals surface area contributed by atoms with Crippen LogP contribution < -0.4 is 16.0 Å². The van der Waals surface area contributed by atoms with Gasteiger partial charge in [0.25, 0.3) is 5.91 Å². The molecule has 4 N–H and O–H groups in total. The average molecular weight is 689 g/mol. The fourth-order valence-corrected chi connectivity index (χ4v) is 8.02. The Hall–Kier alpha value is -2.80. The monoisotopic (exact) mass is 688 g/mol. The summed E-state index contributed by atoms with van der Waals surface area (Å²) in [7, 11) is -3.83. The van der Waals surface area contributed by atoms with E-state index < -0.39 is 56.2 Å². The number of nitrogens with one attached hydrogen (secondary N) is 3. The van der Waals surface area contributed by atoms with Crippen LogP contribution >= 0.6 is 11.3 Å². The molecule has 1 aromatic heterocycles. The summed E-state index contributed by atoms with van der Waals surface area (Å²) >= 11 is 1.31. The highest BCUT2D eigenvalue weighted by atomic mass is 32.2. The van der Waals surface area contributed by atoms with Crippen molar-refractivity contribution in [2.75, 3.05) is 19.3 Å². The van der Waals surface area contributed by atoms with E-state index in [4.69, 9.17) is 0 Å². The summed E-state index contributed by atoms with van der Waals surface area (Å²) in [4.78, 5) is 42.9. The third-order valence-corrected chi connectivity index (χ3v) is 12.6. The normalized spacial score (nSPS) is 22.7. The van der Waals surface area contributed by atoms with E-state index in [2.05, 4.69) is 20.9 Å². The number of likely N-dealkylation sites (tertiary alicyclic amines) is 1. The Morgan fingerprint density at radius 2 is 1.66 bits per heavy atom. The van der Waals surface area contributed by atoms with Crippen molar-refractivity contribution in [3.63, 3.8) is 0 Å². The maximum Gasteiger partial charge on any atom is 0.252 e. The number of sulfone groups is 1. The number of piperidine rings is 1. The highest BCUT2D eigenvalue weighted by Crippen LogP contribution is 2.39. The Balaban J connectivity index is 1.62. The second-order valence-electron chi connectivity index (χ2n) is 14.9. The molecule has 12 heteroatoms. The smallest absolute Gasteiger partial charge is 0.252 e. The quantitative estimate of drug-likeness (QED) is 0.267. The summed E-state index contributed by atoms with van der Waals surface area (Å²) in [6.45, 7) is 9.50. The van der Waals surface area contributed by atoms with Gasteiger partial charge in [0, 0.05) is 30.3 Å². The average Bonchev–Trinajstić information content (AvgIpc) is 3.53. The van der Waals surface area contributed by atoms with Crippen LogP contribution in [0.4, 0.5) is 0 Å². The first-order chi connectivity index (χ1) is 22.0. The van der Waals surface area contributed by atoms with Crippen LogP contribution in [0, 0.1) is 11.8 Å². The second-order valence-corrected chi connectivity index (χ2v) is 18.3. The summed E-state index contributed by atoms with van der Waals surface area (Å²) in [5.41, 5.74) is 0.776. The van der Waals surface area contributed by atoms with Gasteiger partial charge in [0.15, 0.2) is 9.84 Å². The van der Waals surface area contributed by atoms with Crippen LogP contribution in [0.2, 0.25) is 0 Å². The van der Waals surface area contributed by atoms with E-state index in [0.29, 0.717) is 30.4 Å². The molecular weight excluding hydrogens is 637 g/mol. The second kappa shape index (κ2) is 15.2. The first kappa shape index (κ1) is 37.0. The molecule has 3 unspecified atom stereocenters. The lowest BCUT2D eigenvalue weighted by Gasteiger charge is -2.47. The van der Waals surface area contributed by atoms with Gasteiger partial charge >= 0.3 is 0 Å². The number of hydrogen-bond donors (Lipinski definition) is 4. The van der Waals surface area contributed by atoms with Crippen LogP contribution in [0.25, 0.3) is 0 Å². The largest absolute Gasteiger partial charge is 0.390 e. The number of aliphatic hydroxyl groups is 1. The van der Waals surface area contributed by atoms with Gasteiger partial charge in [-0.15, -0.1) is 0 Å². The maximum atomic E-state index is 14.1. The number of amides is 3. The van der Waals surface area contributed by atoms with Crippen molar-refractivity contribution in [3.8, 4) is 0 Å². The van der Waals surface area contributed by atoms with E-state index in [1.54, 1.807) is 16.8 Å². The fraction of sp³-hybridized carbons (Fsp3) is 0.629. The number of carbonyl (C=O) groups excluding carboxylic acids is 3. The number of hydrogen-bond acceptors (Lipinski definition) is 8. The highest BCUT2D eigenvalue weighted by molar-refractivity contribution is 7.92. The Labute approximate surface area is 284 Å². The molecule has 4 rings (SSSR count). The number of benzene rings is 1. The van der Waals surface area contributed by atoms with E-state index in [1.807, 2.05) is 51.1 Å². The highest BCUT2D eigenvalue weighted by Gasteiger charge is 2.46. The van der Waals surface area contributed by atoms with Crippen molar-refractivity contribution < 1.29 is 27.9 Å². The van der Waals surface area contributed by atoms with E-state index in [0.717, 1.165) is 37.5 Å². The minimum Gasteiger partial charge on any atom is -0.390 e. The van der Waals surface area contributed by atoms with Crippen molar-refractivity contribution >= 4 is 38.9 Å². The zero-order valence-corrected chi connectivity index (χ0v) is 30.1. The van der Waals surface area contributed by atoms with Crippen LogP contribution in [0.5, 0.6) is 0 Å². The number of rotatable bonds is 12. The van der Waals surface area contributed by atoms with Crippen molar-refractivity contribution in [3.05, 3.63) is 58.3 Å². The SMILES string of the molecule is CC(C)(C)NC(=O)C1C[C@@H]2CCCC[C@@H]2CN1CC(O)C(Cc1ccccc1)NC(=O)[C@@H](NC(=O)c1ccsc1)C(C)(C)S(C)(=O)=O. The summed E-state index contributed by atoms with van der Waals surface area (Å²) in [6, 6.07) is 8.32. The summed E-state index contributed by atoms with van der Waals surface area (Å²) in [5.74, 6) is -0.450. The zero-order chi connectivity index (χ0) is 34.6. The molecule has 0 spiro atoms. The van der Waals surface area contributed by atoms with Crippen molar-refractivity contribution in [2.24, 2.45) is 11.8 Å². The van der Waals surface area contributed by atoms with Crippen LogP contribution in [-0.2, 0) is 25.8 Å². The van der Waals surface area contributed by atoms with Crippen molar-refractivity contribution in [1.29, 1.82) is 0 Å². The topological polar surface area (TPSA) is 145 Å². The molecular formula is C35H52N4O6S2. The van der Waals surface area contributed by atoms with Crippen LogP contribution in [0.3, 0.4) is 0 Å². The Bertz CT molecular complexity index is 1470. The lowest BCUT2D eigenvalue weighted by atomic mass is 9.72. The Morgan fingerprint density at radius 3 is 2.26 bits per heavy atom. The van der Waals surface area contributed by atoms with E-state index in [1.165, 1.54) is 25.2 Å². The molecule has 6 atom stereocenters. The molecule has 1 saturated carbocycles. The first-order valence-electron chi connectivity index (χ1n) is 16.6. The molecule has 1 saturated heterocycles. The number of thiophene rings is 1. The van der Waals surface area contributed by atoms with Gasteiger partial charge in [0.2, 0.25) is 11.8 Å². The lowest BCUT2D eigenvalue weighted by Crippen LogP contribution is -2.64. The Morgan fingerprint density at radius 1 is 1.00 bits per heavy atom. The molecule has 1 aromatic carbocycles. The van der Waals surface area contributed by atoms with Crippen molar-refractivity contribution in [2.45, 2.75) is 108 Å². The van der Waals surface area contributed by atoms with Gasteiger partial charge in [-0.05, 0) is 82.7 Å². The molecule has 1 aliphatic heterocycles. The predicted molar refractivity (Wildman–Crippen MR) is 186 cm³/mol. The van der Waals surface area contributed by atoms with Crippen LogP contribution in [0.15, 0.2) is 47.2 Å². The minimum atomic E-state index is -3.83. The van der Waals surface area contributed by atoms with Gasteiger partial charge in [0.1, 0.15) is 6.04 Å². The third-order valence-electron chi connectivity index (χ3n) is 9.79. The molecule has 2 aliphatic rings. The van der Waals surface area contributed by atoms with Gasteiger partial charge < -0.3 is 21.1 Å². The molecule has 3 amide bonds. The molecule has 1 aliphatic carbocycles. The summed E-state index contributed by atoms with van der Waals surface area (Å²) < 4.78 is 24.2. The molecule has 2 fully saturated rings. The van der Waals surface area contributed by atoms with E-state index >= 15 is 0 Å². The minimum absolute atomic E-state index is 0.0662. The Kier molecular flexibility index (Phi) is 12.0. The third kappa shape index (κ3) is 9.64. The lowest BCUT2D eigenvalue weighted by molar-refractivity contribution is -0.133. The van der Waals surface area contributed by atoms with Gasteiger partial charge in [0.05, 0.1) is 28.5 Å². The van der Waals surface area contributed by atoms with Gasteiger partial charge in [-0.25, -0.2) is 8.42 Å². The number of aliphatic hydroxyl groups excluding tert-OH is 1. The molecule has 0 bridgehead atoms. The van der Waals surface area contributed by atoms with E-state index in [9.17, 15) is 27.9 Å². The van der Waals surface area contributed by atoms with Crippen LogP contribution in [0.1, 0.15) is 82.6 Å². The molecule has 260 valence electrons. The number of β-amino-alcohol motifs (C(OH)–C–C–N with tert-alkyl or cyclic N) is 1. The molecule has 47 heavy (non-hydrogen) atoms. The number of carbonyl (C=O) groups is 3. The number of fused-ring (bicyclic) bond motifs is 1. The molecule has 2 aromatic rings. The summed E-state index contributed by atoms with van der Waals surface area (Å²) in [6.07, 6.45) is 5.42.